The zero-order valence-corrected chi connectivity index (χ0v) is 12.9. The van der Waals surface area contributed by atoms with E-state index in [0.29, 0.717) is 28.2 Å². The molecule has 0 atom stereocenters. The molecule has 0 bridgehead atoms. The summed E-state index contributed by atoms with van der Waals surface area (Å²) in [5, 5.41) is 3.20. The summed E-state index contributed by atoms with van der Waals surface area (Å²) < 4.78 is 20.7. The number of carbonyl (C=O) groups is 1. The Labute approximate surface area is 135 Å². The number of imidazole rings is 1. The SMILES string of the molecule is Cc1nc(NC(=O)c2cc3cccc(F)c3o2)c2c(ncn2C)n1. The number of nitrogens with one attached hydrogen (secondary N) is 1. The van der Waals surface area contributed by atoms with E-state index >= 15 is 0 Å². The Balaban J connectivity index is 1.76. The Morgan fingerprint density at radius 3 is 2.96 bits per heavy atom. The van der Waals surface area contributed by atoms with Gasteiger partial charge in [-0.15, -0.1) is 0 Å². The van der Waals surface area contributed by atoms with Gasteiger partial charge in [0.2, 0.25) is 0 Å². The summed E-state index contributed by atoms with van der Waals surface area (Å²) >= 11 is 0. The van der Waals surface area contributed by atoms with Gasteiger partial charge in [0, 0.05) is 12.4 Å². The highest BCUT2D eigenvalue weighted by molar-refractivity contribution is 6.07. The number of aryl methyl sites for hydroxylation is 2. The third kappa shape index (κ3) is 2.19. The molecule has 0 saturated carbocycles. The number of para-hydroxylation sites is 1. The zero-order chi connectivity index (χ0) is 16.8. The topological polar surface area (TPSA) is 85.8 Å². The van der Waals surface area contributed by atoms with E-state index < -0.39 is 11.7 Å². The van der Waals surface area contributed by atoms with Crippen LogP contribution in [0.2, 0.25) is 0 Å². The molecule has 0 aliphatic heterocycles. The first-order valence-electron chi connectivity index (χ1n) is 7.18. The number of fused-ring (bicyclic) bond motifs is 2. The average molecular weight is 325 g/mol. The predicted molar refractivity (Wildman–Crippen MR) is 85.2 cm³/mol. The van der Waals surface area contributed by atoms with Crippen LogP contribution in [-0.2, 0) is 7.05 Å². The van der Waals surface area contributed by atoms with E-state index in [-0.39, 0.29) is 11.3 Å². The smallest absolute Gasteiger partial charge is 0.292 e. The number of halogens is 1. The first kappa shape index (κ1) is 14.3. The molecule has 8 heteroatoms. The van der Waals surface area contributed by atoms with Crippen LogP contribution in [0.3, 0.4) is 0 Å². The Morgan fingerprint density at radius 1 is 1.33 bits per heavy atom. The molecule has 1 aromatic carbocycles. The Kier molecular flexibility index (Phi) is 3.05. The average Bonchev–Trinajstić information content (AvgIpc) is 3.12. The van der Waals surface area contributed by atoms with Gasteiger partial charge in [0.15, 0.2) is 28.6 Å². The molecule has 1 amide bonds. The first-order chi connectivity index (χ1) is 11.5. The van der Waals surface area contributed by atoms with Crippen molar-refractivity contribution in [2.75, 3.05) is 5.32 Å². The lowest BCUT2D eigenvalue weighted by Crippen LogP contribution is -2.14. The highest BCUT2D eigenvalue weighted by Crippen LogP contribution is 2.24. The van der Waals surface area contributed by atoms with Crippen molar-refractivity contribution in [2.45, 2.75) is 6.92 Å². The van der Waals surface area contributed by atoms with Crippen molar-refractivity contribution in [1.82, 2.24) is 19.5 Å². The Morgan fingerprint density at radius 2 is 2.17 bits per heavy atom. The lowest BCUT2D eigenvalue weighted by atomic mass is 10.2. The van der Waals surface area contributed by atoms with E-state index in [9.17, 15) is 9.18 Å². The van der Waals surface area contributed by atoms with E-state index in [4.69, 9.17) is 4.42 Å². The monoisotopic (exact) mass is 325 g/mol. The number of benzene rings is 1. The number of carbonyl (C=O) groups excluding carboxylic acids is 1. The Hall–Kier alpha value is -3.29. The molecule has 4 rings (SSSR count). The van der Waals surface area contributed by atoms with Crippen LogP contribution in [0, 0.1) is 12.7 Å². The number of nitrogens with zero attached hydrogens (tertiary/aromatic N) is 4. The molecule has 0 unspecified atom stereocenters. The number of furan rings is 1. The summed E-state index contributed by atoms with van der Waals surface area (Å²) in [4.78, 5) is 25.1. The highest BCUT2D eigenvalue weighted by Gasteiger charge is 2.18. The van der Waals surface area contributed by atoms with Gasteiger partial charge >= 0.3 is 0 Å². The summed E-state index contributed by atoms with van der Waals surface area (Å²) in [7, 11) is 1.78. The minimum absolute atomic E-state index is 0.00156. The van der Waals surface area contributed by atoms with Crippen molar-refractivity contribution in [3.8, 4) is 0 Å². The van der Waals surface area contributed by atoms with E-state index in [0.717, 1.165) is 0 Å². The quantitative estimate of drug-likeness (QED) is 0.612. The maximum atomic E-state index is 13.7. The largest absolute Gasteiger partial charge is 0.448 e. The lowest BCUT2D eigenvalue weighted by molar-refractivity contribution is 0.0998. The summed E-state index contributed by atoms with van der Waals surface area (Å²) in [5.74, 6) is -0.234. The number of amides is 1. The number of rotatable bonds is 2. The maximum Gasteiger partial charge on any atom is 0.292 e. The fourth-order valence-electron chi connectivity index (χ4n) is 2.56. The zero-order valence-electron chi connectivity index (χ0n) is 12.9. The molecule has 120 valence electrons. The normalized spacial score (nSPS) is 11.3. The van der Waals surface area contributed by atoms with Crippen molar-refractivity contribution >= 4 is 33.9 Å². The van der Waals surface area contributed by atoms with Gasteiger partial charge in [-0.05, 0) is 19.1 Å². The summed E-state index contributed by atoms with van der Waals surface area (Å²) in [6.45, 7) is 1.71. The van der Waals surface area contributed by atoms with Crippen molar-refractivity contribution in [3.63, 3.8) is 0 Å². The third-order valence-corrected chi connectivity index (χ3v) is 3.64. The molecule has 0 fully saturated rings. The van der Waals surface area contributed by atoms with Crippen molar-refractivity contribution in [2.24, 2.45) is 7.05 Å². The first-order valence-corrected chi connectivity index (χ1v) is 7.18. The minimum atomic E-state index is -0.522. The Bertz CT molecular complexity index is 1100. The van der Waals surface area contributed by atoms with Crippen molar-refractivity contribution < 1.29 is 13.6 Å². The molecule has 0 aliphatic carbocycles. The molecule has 0 saturated heterocycles. The molecule has 7 nitrogen and oxygen atoms in total. The van der Waals surface area contributed by atoms with Crippen LogP contribution in [0.1, 0.15) is 16.4 Å². The van der Waals surface area contributed by atoms with Gasteiger partial charge < -0.3 is 14.3 Å². The van der Waals surface area contributed by atoms with Gasteiger partial charge in [-0.2, -0.15) is 0 Å². The number of anilines is 1. The number of aromatic nitrogens is 4. The van der Waals surface area contributed by atoms with Gasteiger partial charge in [0.25, 0.3) is 5.91 Å². The fraction of sp³-hybridized carbons (Fsp3) is 0.125. The molecule has 4 aromatic rings. The van der Waals surface area contributed by atoms with Crippen LogP contribution in [-0.4, -0.2) is 25.4 Å². The van der Waals surface area contributed by atoms with Crippen LogP contribution in [0.5, 0.6) is 0 Å². The molecule has 1 N–H and O–H groups in total. The second-order valence-corrected chi connectivity index (χ2v) is 5.37. The van der Waals surface area contributed by atoms with Gasteiger partial charge in [-0.1, -0.05) is 12.1 Å². The third-order valence-electron chi connectivity index (χ3n) is 3.64. The van der Waals surface area contributed by atoms with Gasteiger partial charge in [-0.25, -0.2) is 19.3 Å². The van der Waals surface area contributed by atoms with Crippen LogP contribution < -0.4 is 5.32 Å². The van der Waals surface area contributed by atoms with E-state index in [1.54, 1.807) is 37.0 Å². The summed E-state index contributed by atoms with van der Waals surface area (Å²) in [5.41, 5.74) is 1.12. The molecular weight excluding hydrogens is 313 g/mol. The standard InChI is InChI=1S/C16H12FN5O2/c1-8-19-14-12(22(2)7-18-14)15(20-8)21-16(23)11-6-9-4-3-5-10(17)13(9)24-11/h3-7H,1-2H3,(H,19,20,21,23). The second kappa shape index (κ2) is 5.12. The minimum Gasteiger partial charge on any atom is -0.448 e. The lowest BCUT2D eigenvalue weighted by Gasteiger charge is -2.06. The van der Waals surface area contributed by atoms with Gasteiger partial charge in [0.1, 0.15) is 11.3 Å². The highest BCUT2D eigenvalue weighted by atomic mass is 19.1. The molecular formula is C16H12FN5O2. The molecule has 24 heavy (non-hydrogen) atoms. The van der Waals surface area contributed by atoms with E-state index in [1.807, 2.05) is 0 Å². The fourth-order valence-corrected chi connectivity index (χ4v) is 2.56. The van der Waals surface area contributed by atoms with E-state index in [2.05, 4.69) is 20.3 Å². The molecule has 3 heterocycles. The van der Waals surface area contributed by atoms with Crippen LogP contribution in [0.15, 0.2) is 35.0 Å². The molecule has 0 aliphatic rings. The number of hydrogen-bond acceptors (Lipinski definition) is 5. The number of hydrogen-bond donors (Lipinski definition) is 1. The van der Waals surface area contributed by atoms with Crippen LogP contribution >= 0.6 is 0 Å². The van der Waals surface area contributed by atoms with Gasteiger partial charge in [0.05, 0.1) is 6.33 Å². The summed E-state index contributed by atoms with van der Waals surface area (Å²) in [6.07, 6.45) is 1.59. The van der Waals surface area contributed by atoms with Crippen molar-refractivity contribution in [3.05, 3.63) is 48.0 Å². The molecule has 0 spiro atoms. The van der Waals surface area contributed by atoms with Crippen molar-refractivity contribution in [1.29, 1.82) is 0 Å². The van der Waals surface area contributed by atoms with Crippen LogP contribution in [0.4, 0.5) is 10.2 Å². The second-order valence-electron chi connectivity index (χ2n) is 5.37. The maximum absolute atomic E-state index is 13.7. The molecule has 0 radical (unpaired) electrons. The summed E-state index contributed by atoms with van der Waals surface area (Å²) in [6, 6.07) is 6.00. The van der Waals surface area contributed by atoms with Crippen LogP contribution in [0.25, 0.3) is 22.1 Å². The van der Waals surface area contributed by atoms with Gasteiger partial charge in [-0.3, -0.25) is 4.79 Å². The molecule has 3 aromatic heterocycles. The predicted octanol–water partition coefficient (Wildman–Crippen LogP) is 2.81. The van der Waals surface area contributed by atoms with E-state index in [1.165, 1.54) is 12.1 Å².